The first-order chi connectivity index (χ1) is 12.3. The van der Waals surface area contributed by atoms with Crippen molar-refractivity contribution in [2.75, 3.05) is 0 Å². The highest BCUT2D eigenvalue weighted by atomic mass is 16.5. The Morgan fingerprint density at radius 3 is 2.12 bits per heavy atom. The SMILES string of the molecule is C=C(C=CC(=C)C(=C)C(=C)CCCCCCCC)OC(=O)CCC(=O)O. The van der Waals surface area contributed by atoms with Crippen molar-refractivity contribution in [2.24, 2.45) is 0 Å². The summed E-state index contributed by atoms with van der Waals surface area (Å²) in [5, 5.41) is 8.53. The van der Waals surface area contributed by atoms with Crippen LogP contribution in [0.2, 0.25) is 0 Å². The highest BCUT2D eigenvalue weighted by molar-refractivity contribution is 5.77. The van der Waals surface area contributed by atoms with Crippen molar-refractivity contribution >= 4 is 11.9 Å². The molecule has 0 bridgehead atoms. The number of carbonyl (C=O) groups is 2. The average molecular weight is 360 g/mol. The molecule has 4 heteroatoms. The van der Waals surface area contributed by atoms with Crippen LogP contribution in [0, 0.1) is 0 Å². The zero-order chi connectivity index (χ0) is 19.9. The highest BCUT2D eigenvalue weighted by Gasteiger charge is 2.08. The van der Waals surface area contributed by atoms with Crippen molar-refractivity contribution in [1.29, 1.82) is 0 Å². The molecule has 0 aliphatic heterocycles. The number of hydrogen-bond acceptors (Lipinski definition) is 3. The van der Waals surface area contributed by atoms with E-state index in [1.807, 2.05) is 0 Å². The third kappa shape index (κ3) is 12.1. The second kappa shape index (κ2) is 13.9. The summed E-state index contributed by atoms with van der Waals surface area (Å²) in [6.45, 7) is 17.9. The number of hydrogen-bond donors (Lipinski definition) is 1. The van der Waals surface area contributed by atoms with E-state index in [1.54, 1.807) is 6.08 Å². The van der Waals surface area contributed by atoms with Gasteiger partial charge in [-0.05, 0) is 35.6 Å². The van der Waals surface area contributed by atoms with Crippen LogP contribution in [0.5, 0.6) is 0 Å². The normalized spacial score (nSPS) is 10.5. The number of esters is 1. The Balaban J connectivity index is 4.18. The maximum Gasteiger partial charge on any atom is 0.311 e. The maximum absolute atomic E-state index is 11.4. The molecule has 144 valence electrons. The molecule has 26 heavy (non-hydrogen) atoms. The largest absolute Gasteiger partial charge is 0.481 e. The first kappa shape index (κ1) is 23.6. The molecule has 0 radical (unpaired) electrons. The van der Waals surface area contributed by atoms with E-state index in [4.69, 9.17) is 9.84 Å². The zero-order valence-electron chi connectivity index (χ0n) is 16.0. The topological polar surface area (TPSA) is 63.6 Å². The molecule has 0 saturated heterocycles. The summed E-state index contributed by atoms with van der Waals surface area (Å²) in [5.41, 5.74) is 2.42. The van der Waals surface area contributed by atoms with E-state index in [9.17, 15) is 9.59 Å². The molecule has 0 atom stereocenters. The van der Waals surface area contributed by atoms with Crippen LogP contribution in [0.15, 0.2) is 60.9 Å². The summed E-state index contributed by atoms with van der Waals surface area (Å²) in [4.78, 5) is 21.8. The third-order valence-corrected chi connectivity index (χ3v) is 3.90. The van der Waals surface area contributed by atoms with Gasteiger partial charge in [0, 0.05) is 0 Å². The molecule has 0 aromatic carbocycles. The summed E-state index contributed by atoms with van der Waals surface area (Å²) < 4.78 is 4.93. The van der Waals surface area contributed by atoms with E-state index >= 15 is 0 Å². The minimum atomic E-state index is -1.04. The van der Waals surface area contributed by atoms with E-state index < -0.39 is 11.9 Å². The number of allylic oxidation sites excluding steroid dienone is 5. The molecule has 4 nitrogen and oxygen atoms in total. The first-order valence-corrected chi connectivity index (χ1v) is 9.13. The number of unbranched alkanes of at least 4 members (excludes halogenated alkanes) is 5. The molecule has 1 N–H and O–H groups in total. The Labute approximate surface area is 157 Å². The fourth-order valence-corrected chi connectivity index (χ4v) is 2.23. The molecule has 0 aromatic rings. The van der Waals surface area contributed by atoms with Crippen LogP contribution in [0.4, 0.5) is 0 Å². The van der Waals surface area contributed by atoms with Gasteiger partial charge in [-0.3, -0.25) is 9.59 Å². The second-order valence-corrected chi connectivity index (χ2v) is 6.29. The Morgan fingerprint density at radius 2 is 1.50 bits per heavy atom. The molecule has 0 heterocycles. The van der Waals surface area contributed by atoms with Gasteiger partial charge in [-0.2, -0.15) is 0 Å². The Bertz CT molecular complexity index is 567. The lowest BCUT2D eigenvalue weighted by Gasteiger charge is -2.10. The monoisotopic (exact) mass is 360 g/mol. The molecular formula is C22H32O4. The van der Waals surface area contributed by atoms with Gasteiger partial charge < -0.3 is 9.84 Å². The van der Waals surface area contributed by atoms with Gasteiger partial charge in [0.15, 0.2) is 0 Å². The van der Waals surface area contributed by atoms with E-state index in [2.05, 4.69) is 33.2 Å². The van der Waals surface area contributed by atoms with Gasteiger partial charge in [-0.1, -0.05) is 71.4 Å². The number of carboxylic acid groups (broad SMARTS) is 1. The number of carboxylic acids is 1. The molecular weight excluding hydrogens is 328 g/mol. The van der Waals surface area contributed by atoms with Crippen LogP contribution in [0.3, 0.4) is 0 Å². The smallest absolute Gasteiger partial charge is 0.311 e. The van der Waals surface area contributed by atoms with E-state index in [0.29, 0.717) is 5.57 Å². The van der Waals surface area contributed by atoms with Crippen molar-refractivity contribution in [2.45, 2.75) is 64.7 Å². The van der Waals surface area contributed by atoms with Gasteiger partial charge in [0.25, 0.3) is 0 Å². The van der Waals surface area contributed by atoms with Gasteiger partial charge in [0.2, 0.25) is 0 Å². The van der Waals surface area contributed by atoms with Crippen molar-refractivity contribution in [1.82, 2.24) is 0 Å². The minimum Gasteiger partial charge on any atom is -0.481 e. The Hall–Kier alpha value is -2.36. The van der Waals surface area contributed by atoms with Gasteiger partial charge in [0.1, 0.15) is 5.76 Å². The van der Waals surface area contributed by atoms with Crippen molar-refractivity contribution in [3.63, 3.8) is 0 Å². The quantitative estimate of drug-likeness (QED) is 0.171. The average Bonchev–Trinajstić information content (AvgIpc) is 2.59. The molecule has 0 saturated carbocycles. The minimum absolute atomic E-state index is 0.135. The van der Waals surface area contributed by atoms with E-state index in [0.717, 1.165) is 24.0 Å². The summed E-state index contributed by atoms with van der Waals surface area (Å²) in [5.74, 6) is -1.54. The van der Waals surface area contributed by atoms with Crippen molar-refractivity contribution < 1.29 is 19.4 Å². The first-order valence-electron chi connectivity index (χ1n) is 9.13. The molecule has 0 aliphatic rings. The number of ether oxygens (including phenoxy) is 1. The molecule has 0 spiro atoms. The van der Waals surface area contributed by atoms with Gasteiger partial charge in [-0.25, -0.2) is 0 Å². The Kier molecular flexibility index (Phi) is 12.6. The molecule has 0 aromatic heterocycles. The van der Waals surface area contributed by atoms with Crippen LogP contribution in [0.25, 0.3) is 0 Å². The van der Waals surface area contributed by atoms with Gasteiger partial charge >= 0.3 is 11.9 Å². The van der Waals surface area contributed by atoms with Crippen molar-refractivity contribution in [3.8, 4) is 0 Å². The molecule has 0 aliphatic carbocycles. The van der Waals surface area contributed by atoms with Crippen LogP contribution >= 0.6 is 0 Å². The fourth-order valence-electron chi connectivity index (χ4n) is 2.23. The second-order valence-electron chi connectivity index (χ2n) is 6.29. The van der Waals surface area contributed by atoms with Crippen LogP contribution in [-0.4, -0.2) is 17.0 Å². The van der Waals surface area contributed by atoms with Crippen LogP contribution in [0.1, 0.15) is 64.7 Å². The fraction of sp³-hybridized carbons (Fsp3) is 0.455. The predicted molar refractivity (Wildman–Crippen MR) is 107 cm³/mol. The van der Waals surface area contributed by atoms with E-state index in [-0.39, 0.29) is 18.6 Å². The number of rotatable bonds is 15. The summed E-state index contributed by atoms with van der Waals surface area (Å²) in [6, 6.07) is 0. The number of aliphatic carboxylic acids is 1. The number of carbonyl (C=O) groups excluding carboxylic acids is 1. The van der Waals surface area contributed by atoms with E-state index in [1.165, 1.54) is 38.2 Å². The third-order valence-electron chi connectivity index (χ3n) is 3.90. The van der Waals surface area contributed by atoms with Crippen molar-refractivity contribution in [3.05, 3.63) is 60.9 Å². The van der Waals surface area contributed by atoms with Crippen LogP contribution < -0.4 is 0 Å². The maximum atomic E-state index is 11.4. The summed E-state index contributed by atoms with van der Waals surface area (Å²) in [7, 11) is 0. The summed E-state index contributed by atoms with van der Waals surface area (Å²) >= 11 is 0. The molecule has 0 unspecified atom stereocenters. The van der Waals surface area contributed by atoms with Gasteiger partial charge in [0.05, 0.1) is 12.8 Å². The summed E-state index contributed by atoms with van der Waals surface area (Å²) in [6.07, 6.45) is 11.0. The predicted octanol–water partition coefficient (Wildman–Crippen LogP) is 5.88. The van der Waals surface area contributed by atoms with Crippen LogP contribution in [-0.2, 0) is 14.3 Å². The van der Waals surface area contributed by atoms with Gasteiger partial charge in [-0.15, -0.1) is 0 Å². The zero-order valence-corrected chi connectivity index (χ0v) is 16.0. The molecule has 0 rings (SSSR count). The standard InChI is InChI=1S/C22H32O4/c1-6-7-8-9-10-11-12-17(2)20(5)18(3)13-14-19(4)26-22(25)16-15-21(23)24/h13-14H,2-12,15-16H2,1H3,(H,23,24). The molecule has 0 amide bonds. The lowest BCUT2D eigenvalue weighted by molar-refractivity contribution is -0.144. The lowest BCUT2D eigenvalue weighted by atomic mass is 9.96. The Morgan fingerprint density at radius 1 is 0.885 bits per heavy atom. The molecule has 0 fully saturated rings. The lowest BCUT2D eigenvalue weighted by Crippen LogP contribution is -2.06. The highest BCUT2D eigenvalue weighted by Crippen LogP contribution is 2.22.